The predicted octanol–water partition coefficient (Wildman–Crippen LogP) is 2.08. The van der Waals surface area contributed by atoms with Crippen molar-refractivity contribution in [3.05, 3.63) is 0 Å². The molecular weight excluding hydrogens is 218 g/mol. The Labute approximate surface area is 105 Å². The quantitative estimate of drug-likeness (QED) is 0.436. The van der Waals surface area contributed by atoms with E-state index >= 15 is 0 Å². The summed E-state index contributed by atoms with van der Waals surface area (Å²) in [4.78, 5) is 14.0. The molecule has 0 aliphatic heterocycles. The molecule has 4 heteroatoms. The minimum atomic E-state index is -0.120. The van der Waals surface area contributed by atoms with E-state index in [9.17, 15) is 4.79 Å². The molecule has 0 aromatic rings. The van der Waals surface area contributed by atoms with Crippen LogP contribution in [0.3, 0.4) is 0 Å². The third-order valence-corrected chi connectivity index (χ3v) is 2.69. The van der Waals surface area contributed by atoms with Crippen molar-refractivity contribution in [2.45, 2.75) is 46.6 Å². The molecule has 0 aliphatic carbocycles. The first-order valence-corrected chi connectivity index (χ1v) is 6.69. The molecule has 17 heavy (non-hydrogen) atoms. The van der Waals surface area contributed by atoms with E-state index in [2.05, 4.69) is 18.7 Å². The van der Waals surface area contributed by atoms with Gasteiger partial charge < -0.3 is 9.47 Å². The highest BCUT2D eigenvalue weighted by Crippen LogP contribution is 2.09. The zero-order chi connectivity index (χ0) is 13.1. The summed E-state index contributed by atoms with van der Waals surface area (Å²) in [6.07, 6.45) is 1.83. The summed E-state index contributed by atoms with van der Waals surface area (Å²) in [5.41, 5.74) is 0. The van der Waals surface area contributed by atoms with Gasteiger partial charge in [-0.3, -0.25) is 9.69 Å². The van der Waals surface area contributed by atoms with E-state index in [4.69, 9.17) is 9.47 Å². The average molecular weight is 245 g/mol. The number of carbonyl (C=O) groups excluding carboxylic acids is 1. The van der Waals surface area contributed by atoms with Crippen LogP contribution in [0.15, 0.2) is 0 Å². The summed E-state index contributed by atoms with van der Waals surface area (Å²) in [5.74, 6) is -0.104. The molecule has 1 unspecified atom stereocenters. The van der Waals surface area contributed by atoms with Gasteiger partial charge in [0.15, 0.2) is 0 Å². The molecule has 4 nitrogen and oxygen atoms in total. The zero-order valence-electron chi connectivity index (χ0n) is 11.7. The molecule has 102 valence electrons. The van der Waals surface area contributed by atoms with Crippen molar-refractivity contribution < 1.29 is 14.3 Å². The van der Waals surface area contributed by atoms with Crippen LogP contribution in [-0.4, -0.2) is 49.8 Å². The molecule has 0 bridgehead atoms. The van der Waals surface area contributed by atoms with Crippen molar-refractivity contribution in [3.8, 4) is 0 Å². The minimum Gasteiger partial charge on any atom is -0.465 e. The number of esters is 1. The van der Waals surface area contributed by atoms with Gasteiger partial charge in [0, 0.05) is 13.2 Å². The lowest BCUT2D eigenvalue weighted by molar-refractivity contribution is -0.150. The van der Waals surface area contributed by atoms with Crippen molar-refractivity contribution in [1.82, 2.24) is 4.90 Å². The Morgan fingerprint density at radius 3 is 2.35 bits per heavy atom. The zero-order valence-corrected chi connectivity index (χ0v) is 11.7. The van der Waals surface area contributed by atoms with Crippen LogP contribution in [0.2, 0.25) is 0 Å². The van der Waals surface area contributed by atoms with Crippen LogP contribution in [-0.2, 0) is 14.3 Å². The Kier molecular flexibility index (Phi) is 10.2. The summed E-state index contributed by atoms with van der Waals surface area (Å²) in [6.45, 7) is 11.4. The van der Waals surface area contributed by atoms with Crippen molar-refractivity contribution in [3.63, 3.8) is 0 Å². The number of nitrogens with zero attached hydrogens (tertiary/aromatic N) is 1. The fraction of sp³-hybridized carbons (Fsp3) is 0.923. The normalized spacial score (nSPS) is 12.8. The second-order valence-corrected chi connectivity index (χ2v) is 3.88. The maximum atomic E-state index is 11.9. The lowest BCUT2D eigenvalue weighted by Gasteiger charge is -2.28. The molecule has 0 aromatic heterocycles. The first-order valence-electron chi connectivity index (χ1n) is 6.69. The summed E-state index contributed by atoms with van der Waals surface area (Å²) in [7, 11) is 0. The highest BCUT2D eigenvalue weighted by molar-refractivity contribution is 5.75. The molecule has 0 N–H and O–H groups in total. The fourth-order valence-electron chi connectivity index (χ4n) is 1.82. The van der Waals surface area contributed by atoms with Crippen LogP contribution in [0.1, 0.15) is 40.5 Å². The van der Waals surface area contributed by atoms with Gasteiger partial charge >= 0.3 is 5.97 Å². The van der Waals surface area contributed by atoms with E-state index in [1.54, 1.807) is 0 Å². The summed E-state index contributed by atoms with van der Waals surface area (Å²) in [6, 6.07) is -0.120. The molecule has 0 spiro atoms. The van der Waals surface area contributed by atoms with Crippen LogP contribution in [0, 0.1) is 0 Å². The van der Waals surface area contributed by atoms with E-state index in [0.717, 1.165) is 32.5 Å². The number of carbonyl (C=O) groups is 1. The van der Waals surface area contributed by atoms with E-state index in [-0.39, 0.29) is 12.0 Å². The van der Waals surface area contributed by atoms with Crippen LogP contribution < -0.4 is 0 Å². The highest BCUT2D eigenvalue weighted by atomic mass is 16.5. The maximum absolute atomic E-state index is 11.9. The molecular formula is C13H27NO3. The Hall–Kier alpha value is -0.610. The van der Waals surface area contributed by atoms with E-state index < -0.39 is 0 Å². The van der Waals surface area contributed by atoms with Gasteiger partial charge in [-0.05, 0) is 26.8 Å². The SMILES string of the molecule is CCCC(C(=O)OCC)N(CC)CCOCC. The molecule has 0 heterocycles. The van der Waals surface area contributed by atoms with Crippen LogP contribution in [0.4, 0.5) is 0 Å². The monoisotopic (exact) mass is 245 g/mol. The molecule has 0 fully saturated rings. The van der Waals surface area contributed by atoms with E-state index in [0.29, 0.717) is 13.2 Å². The number of rotatable bonds is 10. The molecule has 0 saturated heterocycles. The first kappa shape index (κ1) is 16.4. The predicted molar refractivity (Wildman–Crippen MR) is 69.1 cm³/mol. The van der Waals surface area contributed by atoms with Crippen molar-refractivity contribution >= 4 is 5.97 Å². The topological polar surface area (TPSA) is 38.8 Å². The smallest absolute Gasteiger partial charge is 0.323 e. The van der Waals surface area contributed by atoms with Crippen LogP contribution >= 0.6 is 0 Å². The van der Waals surface area contributed by atoms with E-state index in [1.807, 2.05) is 13.8 Å². The maximum Gasteiger partial charge on any atom is 0.323 e. The Morgan fingerprint density at radius 2 is 1.88 bits per heavy atom. The average Bonchev–Trinajstić information content (AvgIpc) is 2.33. The molecule has 1 atom stereocenters. The fourth-order valence-corrected chi connectivity index (χ4v) is 1.82. The van der Waals surface area contributed by atoms with Gasteiger partial charge in [-0.25, -0.2) is 0 Å². The molecule has 0 saturated carbocycles. The molecule has 0 aliphatic rings. The van der Waals surface area contributed by atoms with Crippen LogP contribution in [0.5, 0.6) is 0 Å². The highest BCUT2D eigenvalue weighted by Gasteiger charge is 2.24. The molecule has 0 rings (SSSR count). The Morgan fingerprint density at radius 1 is 1.18 bits per heavy atom. The molecule has 0 aromatic carbocycles. The lowest BCUT2D eigenvalue weighted by atomic mass is 10.1. The number of likely N-dealkylation sites (N-methyl/N-ethyl adjacent to an activating group) is 1. The summed E-state index contributed by atoms with van der Waals surface area (Å²) in [5, 5.41) is 0. The van der Waals surface area contributed by atoms with Crippen molar-refractivity contribution in [1.29, 1.82) is 0 Å². The largest absolute Gasteiger partial charge is 0.465 e. The summed E-state index contributed by atoms with van der Waals surface area (Å²) >= 11 is 0. The lowest BCUT2D eigenvalue weighted by Crippen LogP contribution is -2.43. The number of hydrogen-bond donors (Lipinski definition) is 0. The first-order chi connectivity index (χ1) is 8.21. The van der Waals surface area contributed by atoms with Gasteiger partial charge in [-0.2, -0.15) is 0 Å². The molecule has 0 radical (unpaired) electrons. The minimum absolute atomic E-state index is 0.104. The van der Waals surface area contributed by atoms with Gasteiger partial charge in [-0.1, -0.05) is 20.3 Å². The third kappa shape index (κ3) is 6.64. The third-order valence-electron chi connectivity index (χ3n) is 2.69. The number of ether oxygens (including phenoxy) is 2. The van der Waals surface area contributed by atoms with Gasteiger partial charge in [-0.15, -0.1) is 0 Å². The second-order valence-electron chi connectivity index (χ2n) is 3.88. The van der Waals surface area contributed by atoms with Crippen molar-refractivity contribution in [2.24, 2.45) is 0 Å². The Bertz CT molecular complexity index is 197. The second kappa shape index (κ2) is 10.5. The van der Waals surface area contributed by atoms with Crippen molar-refractivity contribution in [2.75, 3.05) is 32.9 Å². The Balaban J connectivity index is 4.34. The van der Waals surface area contributed by atoms with Gasteiger partial charge in [0.2, 0.25) is 0 Å². The van der Waals surface area contributed by atoms with Gasteiger partial charge in [0.05, 0.1) is 13.2 Å². The van der Waals surface area contributed by atoms with Crippen LogP contribution in [0.25, 0.3) is 0 Å². The van der Waals surface area contributed by atoms with Gasteiger partial charge in [0.25, 0.3) is 0 Å². The molecule has 0 amide bonds. The summed E-state index contributed by atoms with van der Waals surface area (Å²) < 4.78 is 10.5. The number of hydrogen-bond acceptors (Lipinski definition) is 4. The van der Waals surface area contributed by atoms with E-state index in [1.165, 1.54) is 0 Å². The standard InChI is InChI=1S/C13H27NO3/c1-5-9-12(13(15)17-8-4)14(6-2)10-11-16-7-3/h12H,5-11H2,1-4H3. The van der Waals surface area contributed by atoms with Gasteiger partial charge in [0.1, 0.15) is 6.04 Å².